The van der Waals surface area contributed by atoms with E-state index in [1.807, 2.05) is 18.2 Å². The highest BCUT2D eigenvalue weighted by molar-refractivity contribution is 6.07. The molecule has 2 aliphatic rings. The van der Waals surface area contributed by atoms with Gasteiger partial charge in [0.2, 0.25) is 17.7 Å². The maximum Gasteiger partial charge on any atom is 0.240 e. The Morgan fingerprint density at radius 2 is 1.82 bits per heavy atom. The molecule has 3 amide bonds. The molecule has 2 heterocycles. The van der Waals surface area contributed by atoms with Crippen molar-refractivity contribution < 1.29 is 18.8 Å². The van der Waals surface area contributed by atoms with Crippen LogP contribution in [0.4, 0.5) is 10.2 Å². The van der Waals surface area contributed by atoms with Gasteiger partial charge in [-0.25, -0.2) is 9.07 Å². The van der Waals surface area contributed by atoms with Crippen molar-refractivity contribution in [2.45, 2.75) is 25.7 Å². The highest BCUT2D eigenvalue weighted by Crippen LogP contribution is 2.34. The Morgan fingerprint density at radius 1 is 1.18 bits per heavy atom. The van der Waals surface area contributed by atoms with Crippen molar-refractivity contribution in [2.24, 2.45) is 11.8 Å². The van der Waals surface area contributed by atoms with E-state index in [1.165, 1.54) is 28.9 Å². The number of hydrogen-bond donors (Lipinski definition) is 2. The summed E-state index contributed by atoms with van der Waals surface area (Å²) in [5, 5.41) is 16.5. The van der Waals surface area contributed by atoms with Crippen LogP contribution >= 0.6 is 0 Å². The Balaban J connectivity index is 1.31. The third-order valence-corrected chi connectivity index (χ3v) is 5.99. The molecule has 0 saturated carbocycles. The third-order valence-electron chi connectivity index (χ3n) is 5.99. The summed E-state index contributed by atoms with van der Waals surface area (Å²) in [6.07, 6.45) is 5.70. The first kappa shape index (κ1) is 22.2. The molecule has 1 aliphatic carbocycles. The normalized spacial score (nSPS) is 19.5. The second-order valence-electron chi connectivity index (χ2n) is 8.08. The summed E-state index contributed by atoms with van der Waals surface area (Å²) in [6, 6.07) is 7.62. The quantitative estimate of drug-likeness (QED) is 0.373. The topological polar surface area (TPSA) is 134 Å². The summed E-state index contributed by atoms with van der Waals surface area (Å²) in [7, 11) is 0. The molecular formula is C23H23FN6O3. The molecule has 9 nitrogen and oxygen atoms in total. The van der Waals surface area contributed by atoms with Gasteiger partial charge in [0.25, 0.3) is 0 Å². The fraction of sp³-hybridized carbons (Fsp3) is 0.348. The molecule has 2 aromatic rings. The van der Waals surface area contributed by atoms with Gasteiger partial charge in [0.05, 0.1) is 23.2 Å². The van der Waals surface area contributed by atoms with Crippen molar-refractivity contribution in [3.05, 3.63) is 53.5 Å². The molecular weight excluding hydrogens is 427 g/mol. The number of carbonyl (C=O) groups is 3. The van der Waals surface area contributed by atoms with Crippen molar-refractivity contribution in [1.29, 1.82) is 5.26 Å². The van der Waals surface area contributed by atoms with Crippen LogP contribution in [0.3, 0.4) is 0 Å². The van der Waals surface area contributed by atoms with Gasteiger partial charge in [-0.3, -0.25) is 19.3 Å². The van der Waals surface area contributed by atoms with Crippen LogP contribution in [0.25, 0.3) is 5.69 Å². The number of carbonyl (C=O) groups excluding carboxylic acids is 3. The molecule has 2 atom stereocenters. The minimum Gasteiger partial charge on any atom is -0.382 e. The zero-order chi connectivity index (χ0) is 23.5. The number of fused-ring (bicyclic) bond motifs is 1. The van der Waals surface area contributed by atoms with E-state index >= 15 is 0 Å². The van der Waals surface area contributed by atoms with Crippen LogP contribution < -0.4 is 11.1 Å². The summed E-state index contributed by atoms with van der Waals surface area (Å²) >= 11 is 0. The number of nitriles is 1. The van der Waals surface area contributed by atoms with Crippen LogP contribution in [-0.4, -0.2) is 45.5 Å². The van der Waals surface area contributed by atoms with Gasteiger partial charge >= 0.3 is 0 Å². The number of nitrogens with two attached hydrogens (primary N) is 1. The Bertz CT molecular complexity index is 1140. The number of hydrogen-bond acceptors (Lipinski definition) is 6. The van der Waals surface area contributed by atoms with Crippen molar-refractivity contribution in [3.8, 4) is 11.8 Å². The Labute approximate surface area is 189 Å². The lowest BCUT2D eigenvalue weighted by molar-refractivity contribution is -0.143. The number of nitrogens with one attached hydrogen (secondary N) is 1. The van der Waals surface area contributed by atoms with E-state index in [0.29, 0.717) is 37.1 Å². The number of amides is 3. The van der Waals surface area contributed by atoms with Crippen LogP contribution in [0.5, 0.6) is 0 Å². The number of benzene rings is 1. The lowest BCUT2D eigenvalue weighted by atomic mass is 9.85. The van der Waals surface area contributed by atoms with Gasteiger partial charge in [-0.2, -0.15) is 10.4 Å². The van der Waals surface area contributed by atoms with Crippen molar-refractivity contribution in [2.75, 3.05) is 18.8 Å². The van der Waals surface area contributed by atoms with Crippen molar-refractivity contribution in [1.82, 2.24) is 20.0 Å². The van der Waals surface area contributed by atoms with Crippen LogP contribution in [0.1, 0.15) is 30.5 Å². The Kier molecular flexibility index (Phi) is 6.22. The van der Waals surface area contributed by atoms with Gasteiger partial charge in [0.15, 0.2) is 0 Å². The monoisotopic (exact) mass is 450 g/mol. The second kappa shape index (κ2) is 9.24. The molecule has 1 fully saturated rings. The van der Waals surface area contributed by atoms with Crippen molar-refractivity contribution in [3.63, 3.8) is 0 Å². The standard InChI is InChI=1S/C23H23FN6O3/c24-14-7-9-15(10-8-14)30-21(26)18(12-25)19(28-30)6-3-11-27-20(31)13-29-22(32)16-4-1-2-5-17(16)23(29)33/h1-2,7-10,16-17H,3-6,11,13,26H2,(H,27,31). The molecule has 1 aromatic heterocycles. The molecule has 33 heavy (non-hydrogen) atoms. The van der Waals surface area contributed by atoms with E-state index in [0.717, 1.165) is 4.90 Å². The van der Waals surface area contributed by atoms with E-state index in [-0.39, 0.29) is 48.1 Å². The van der Waals surface area contributed by atoms with E-state index in [2.05, 4.69) is 10.4 Å². The largest absolute Gasteiger partial charge is 0.382 e. The molecule has 170 valence electrons. The summed E-state index contributed by atoms with van der Waals surface area (Å²) < 4.78 is 14.6. The number of halogens is 1. The minimum atomic E-state index is -0.417. The molecule has 10 heteroatoms. The predicted octanol–water partition coefficient (Wildman–Crippen LogP) is 1.47. The molecule has 0 radical (unpaired) electrons. The summed E-state index contributed by atoms with van der Waals surface area (Å²) in [6.45, 7) is -0.0160. The maximum absolute atomic E-state index is 13.2. The Morgan fingerprint density at radius 3 is 2.42 bits per heavy atom. The number of nitrogens with zero attached hydrogens (tertiary/aromatic N) is 4. The number of likely N-dealkylation sites (tertiary alicyclic amines) is 1. The first-order chi connectivity index (χ1) is 15.9. The molecule has 1 aliphatic heterocycles. The summed E-state index contributed by atoms with van der Waals surface area (Å²) in [5.74, 6) is -1.95. The molecule has 0 bridgehead atoms. The second-order valence-corrected chi connectivity index (χ2v) is 8.08. The van der Waals surface area contributed by atoms with Gasteiger partial charge in [0.1, 0.15) is 29.8 Å². The molecule has 1 aromatic carbocycles. The number of allylic oxidation sites excluding steroid dienone is 2. The lowest BCUT2D eigenvalue weighted by Gasteiger charge is -2.14. The number of imide groups is 1. The number of rotatable bonds is 7. The van der Waals surface area contributed by atoms with Gasteiger partial charge in [0, 0.05) is 6.54 Å². The highest BCUT2D eigenvalue weighted by Gasteiger charge is 2.47. The first-order valence-electron chi connectivity index (χ1n) is 10.7. The molecule has 4 rings (SSSR count). The fourth-order valence-corrected chi connectivity index (χ4v) is 4.26. The van der Waals surface area contributed by atoms with Crippen LogP contribution in [-0.2, 0) is 20.8 Å². The lowest BCUT2D eigenvalue weighted by Crippen LogP contribution is -2.41. The number of anilines is 1. The summed E-state index contributed by atoms with van der Waals surface area (Å²) in [5.41, 5.74) is 7.27. The predicted molar refractivity (Wildman–Crippen MR) is 116 cm³/mol. The molecule has 1 saturated heterocycles. The summed E-state index contributed by atoms with van der Waals surface area (Å²) in [4.78, 5) is 38.3. The number of aromatic nitrogens is 2. The fourth-order valence-electron chi connectivity index (χ4n) is 4.26. The highest BCUT2D eigenvalue weighted by atomic mass is 19.1. The number of nitrogen functional groups attached to an aromatic ring is 1. The maximum atomic E-state index is 13.2. The van der Waals surface area contributed by atoms with Crippen LogP contribution in [0.2, 0.25) is 0 Å². The van der Waals surface area contributed by atoms with Gasteiger partial charge in [-0.1, -0.05) is 12.2 Å². The SMILES string of the molecule is N#Cc1c(CCCNC(=O)CN2C(=O)C3CC=CCC3C2=O)nn(-c2ccc(F)cc2)c1N. The minimum absolute atomic E-state index is 0.158. The average Bonchev–Trinajstić information content (AvgIpc) is 3.26. The molecule has 3 N–H and O–H groups in total. The van der Waals surface area contributed by atoms with E-state index in [9.17, 15) is 24.0 Å². The molecule has 0 spiro atoms. The van der Waals surface area contributed by atoms with E-state index < -0.39 is 11.7 Å². The Hall–Kier alpha value is -4.00. The zero-order valence-electron chi connectivity index (χ0n) is 17.8. The van der Waals surface area contributed by atoms with Gasteiger partial charge in [-0.05, 0) is 49.9 Å². The zero-order valence-corrected chi connectivity index (χ0v) is 17.8. The van der Waals surface area contributed by atoms with E-state index in [4.69, 9.17) is 5.73 Å². The smallest absolute Gasteiger partial charge is 0.240 e. The van der Waals surface area contributed by atoms with Gasteiger partial charge in [-0.15, -0.1) is 0 Å². The van der Waals surface area contributed by atoms with Crippen LogP contribution in [0, 0.1) is 29.0 Å². The van der Waals surface area contributed by atoms with Gasteiger partial charge < -0.3 is 11.1 Å². The van der Waals surface area contributed by atoms with Crippen molar-refractivity contribution >= 4 is 23.5 Å². The molecule has 2 unspecified atom stereocenters. The van der Waals surface area contributed by atoms with Crippen LogP contribution in [0.15, 0.2) is 36.4 Å². The van der Waals surface area contributed by atoms with E-state index in [1.54, 1.807) is 0 Å². The average molecular weight is 450 g/mol. The first-order valence-corrected chi connectivity index (χ1v) is 10.7. The number of aryl methyl sites for hydroxylation is 1. The third kappa shape index (κ3) is 4.35.